The van der Waals surface area contributed by atoms with Crippen LogP contribution in [0.5, 0.6) is 0 Å². The van der Waals surface area contributed by atoms with Crippen molar-refractivity contribution >= 4 is 21.4 Å². The van der Waals surface area contributed by atoms with Crippen LogP contribution in [-0.4, -0.2) is 48.3 Å². The summed E-state index contributed by atoms with van der Waals surface area (Å²) >= 11 is 0. The van der Waals surface area contributed by atoms with Crippen molar-refractivity contribution in [3.63, 3.8) is 0 Å². The zero-order chi connectivity index (χ0) is 14.2. The highest BCUT2D eigenvalue weighted by Crippen LogP contribution is 2.18. The van der Waals surface area contributed by atoms with Gasteiger partial charge in [-0.3, -0.25) is 9.78 Å². The number of anilines is 1. The lowest BCUT2D eigenvalue weighted by molar-refractivity contribution is 0.0711. The molecule has 6 nitrogen and oxygen atoms in total. The molecule has 1 atom stereocenters. The number of sulfone groups is 1. The lowest BCUT2D eigenvalue weighted by atomic mass is 10.1. The van der Waals surface area contributed by atoms with Crippen LogP contribution >= 0.6 is 0 Å². The van der Waals surface area contributed by atoms with Crippen LogP contribution in [0.4, 0.5) is 5.69 Å². The molecule has 1 fully saturated rings. The fraction of sp³-hybridized carbons (Fsp3) is 0.500. The van der Waals surface area contributed by atoms with E-state index in [1.54, 1.807) is 24.8 Å². The number of carbonyl (C=O) groups is 1. The van der Waals surface area contributed by atoms with Gasteiger partial charge in [0.1, 0.15) is 0 Å². The Balaban J connectivity index is 2.27. The topological polar surface area (TPSA) is 93.4 Å². The Morgan fingerprint density at radius 1 is 1.53 bits per heavy atom. The molecule has 2 N–H and O–H groups in total. The van der Waals surface area contributed by atoms with Crippen LogP contribution in [0.1, 0.15) is 23.0 Å². The molecular formula is C12H17N3O3S. The number of nitrogens with two attached hydrogens (primary N) is 1. The molecule has 0 saturated carbocycles. The lowest BCUT2D eigenvalue weighted by Crippen LogP contribution is -2.49. The quantitative estimate of drug-likeness (QED) is 0.796. The van der Waals surface area contributed by atoms with Gasteiger partial charge in [-0.25, -0.2) is 8.42 Å². The number of hydrogen-bond acceptors (Lipinski definition) is 5. The van der Waals surface area contributed by atoms with E-state index in [1.807, 2.05) is 0 Å². The van der Waals surface area contributed by atoms with Gasteiger partial charge in [0.25, 0.3) is 5.91 Å². The molecular weight excluding hydrogens is 266 g/mol. The minimum Gasteiger partial charge on any atom is -0.397 e. The summed E-state index contributed by atoms with van der Waals surface area (Å²) in [5.74, 6) is -0.189. The highest BCUT2D eigenvalue weighted by Gasteiger charge is 2.32. The van der Waals surface area contributed by atoms with Crippen LogP contribution in [0.15, 0.2) is 12.3 Å². The maximum Gasteiger partial charge on any atom is 0.256 e. The van der Waals surface area contributed by atoms with E-state index in [2.05, 4.69) is 4.98 Å². The van der Waals surface area contributed by atoms with Gasteiger partial charge in [-0.2, -0.15) is 0 Å². The fourth-order valence-corrected chi connectivity index (χ4v) is 3.78. The number of nitrogen functional groups attached to an aromatic ring is 1. The molecule has 0 aromatic carbocycles. The summed E-state index contributed by atoms with van der Waals surface area (Å²) in [6.45, 7) is 3.69. The third-order valence-electron chi connectivity index (χ3n) is 3.27. The highest BCUT2D eigenvalue weighted by atomic mass is 32.2. The van der Waals surface area contributed by atoms with Crippen molar-refractivity contribution < 1.29 is 13.2 Å². The van der Waals surface area contributed by atoms with Gasteiger partial charge in [0.05, 0.1) is 34.6 Å². The number of aromatic nitrogens is 1. The number of pyridine rings is 1. The summed E-state index contributed by atoms with van der Waals surface area (Å²) in [5.41, 5.74) is 7.10. The van der Waals surface area contributed by atoms with Crippen LogP contribution in [0, 0.1) is 6.92 Å². The largest absolute Gasteiger partial charge is 0.397 e. The Kier molecular flexibility index (Phi) is 3.49. The van der Waals surface area contributed by atoms with E-state index in [0.717, 1.165) is 0 Å². The van der Waals surface area contributed by atoms with Crippen molar-refractivity contribution in [3.05, 3.63) is 23.5 Å². The molecule has 1 aromatic rings. The molecule has 2 heterocycles. The predicted octanol–water partition coefficient (Wildman–Crippen LogP) is 0.231. The normalized spacial score (nSPS) is 22.2. The smallest absolute Gasteiger partial charge is 0.256 e. The summed E-state index contributed by atoms with van der Waals surface area (Å²) in [6, 6.07) is 1.26. The molecule has 7 heteroatoms. The third-order valence-corrected chi connectivity index (χ3v) is 5.06. The molecule has 0 spiro atoms. The second-order valence-electron chi connectivity index (χ2n) is 4.86. The number of hydrogen-bond donors (Lipinski definition) is 1. The zero-order valence-electron chi connectivity index (χ0n) is 11.0. The zero-order valence-corrected chi connectivity index (χ0v) is 11.8. The summed E-state index contributed by atoms with van der Waals surface area (Å²) in [5, 5.41) is 0. The van der Waals surface area contributed by atoms with Gasteiger partial charge in [-0.05, 0) is 19.9 Å². The van der Waals surface area contributed by atoms with Crippen LogP contribution < -0.4 is 5.73 Å². The number of rotatable bonds is 1. The van der Waals surface area contributed by atoms with Gasteiger partial charge in [-0.1, -0.05) is 0 Å². The average molecular weight is 283 g/mol. The SMILES string of the molecule is Cc1ncc(N)cc1C(=O)N1CCS(=O)(=O)CC1C. The number of aryl methyl sites for hydroxylation is 1. The molecule has 1 unspecified atom stereocenters. The van der Waals surface area contributed by atoms with Gasteiger partial charge in [0, 0.05) is 12.6 Å². The third kappa shape index (κ3) is 2.86. The van der Waals surface area contributed by atoms with E-state index in [4.69, 9.17) is 5.73 Å². The van der Waals surface area contributed by atoms with E-state index < -0.39 is 9.84 Å². The second-order valence-corrected chi connectivity index (χ2v) is 7.09. The molecule has 1 amide bonds. The van der Waals surface area contributed by atoms with Crippen molar-refractivity contribution in [1.29, 1.82) is 0 Å². The molecule has 19 heavy (non-hydrogen) atoms. The first-order chi connectivity index (χ1) is 8.80. The van der Waals surface area contributed by atoms with Gasteiger partial charge in [-0.15, -0.1) is 0 Å². The first-order valence-electron chi connectivity index (χ1n) is 6.03. The maximum absolute atomic E-state index is 12.4. The highest BCUT2D eigenvalue weighted by molar-refractivity contribution is 7.91. The van der Waals surface area contributed by atoms with Crippen molar-refractivity contribution in [2.75, 3.05) is 23.8 Å². The Labute approximate surface area is 112 Å². The van der Waals surface area contributed by atoms with Crippen LogP contribution in [0.3, 0.4) is 0 Å². The molecule has 0 aliphatic carbocycles. The molecule has 1 aliphatic heterocycles. The second kappa shape index (κ2) is 4.80. The maximum atomic E-state index is 12.4. The van der Waals surface area contributed by atoms with Crippen molar-refractivity contribution in [2.45, 2.75) is 19.9 Å². The standard InChI is InChI=1S/C12H17N3O3S/c1-8-7-19(17,18)4-3-15(8)12(16)11-5-10(13)6-14-9(11)2/h5-6,8H,3-4,7,13H2,1-2H3. The summed E-state index contributed by atoms with van der Waals surface area (Å²) in [7, 11) is -3.03. The van der Waals surface area contributed by atoms with Crippen LogP contribution in [0.25, 0.3) is 0 Å². The summed E-state index contributed by atoms with van der Waals surface area (Å²) in [6.07, 6.45) is 1.50. The van der Waals surface area contributed by atoms with Gasteiger partial charge in [0.2, 0.25) is 0 Å². The van der Waals surface area contributed by atoms with Crippen molar-refractivity contribution in [2.24, 2.45) is 0 Å². The minimum atomic E-state index is -3.03. The monoisotopic (exact) mass is 283 g/mol. The molecule has 1 saturated heterocycles. The van der Waals surface area contributed by atoms with E-state index >= 15 is 0 Å². The van der Waals surface area contributed by atoms with E-state index in [9.17, 15) is 13.2 Å². The Morgan fingerprint density at radius 3 is 2.84 bits per heavy atom. The first kappa shape index (κ1) is 13.8. The van der Waals surface area contributed by atoms with E-state index in [-0.39, 0.29) is 30.0 Å². The molecule has 0 bridgehead atoms. The molecule has 2 rings (SSSR count). The van der Waals surface area contributed by atoms with Crippen LogP contribution in [0.2, 0.25) is 0 Å². The first-order valence-corrected chi connectivity index (χ1v) is 7.86. The van der Waals surface area contributed by atoms with Gasteiger partial charge in [0.15, 0.2) is 9.84 Å². The number of amides is 1. The van der Waals surface area contributed by atoms with E-state index in [1.165, 1.54) is 6.20 Å². The molecule has 0 radical (unpaired) electrons. The lowest BCUT2D eigenvalue weighted by Gasteiger charge is -2.33. The Hall–Kier alpha value is -1.63. The predicted molar refractivity (Wildman–Crippen MR) is 72.5 cm³/mol. The summed E-state index contributed by atoms with van der Waals surface area (Å²) < 4.78 is 23.0. The molecule has 1 aromatic heterocycles. The Bertz CT molecular complexity index is 613. The number of carbonyl (C=O) groups excluding carboxylic acids is 1. The van der Waals surface area contributed by atoms with Crippen molar-refractivity contribution in [3.8, 4) is 0 Å². The minimum absolute atomic E-state index is 0.00747. The number of nitrogens with zero attached hydrogens (tertiary/aromatic N) is 2. The summed E-state index contributed by atoms with van der Waals surface area (Å²) in [4.78, 5) is 18.1. The Morgan fingerprint density at radius 2 is 2.21 bits per heavy atom. The average Bonchev–Trinajstić information content (AvgIpc) is 2.30. The van der Waals surface area contributed by atoms with Gasteiger partial charge >= 0.3 is 0 Å². The molecule has 104 valence electrons. The van der Waals surface area contributed by atoms with E-state index in [0.29, 0.717) is 16.9 Å². The van der Waals surface area contributed by atoms with Crippen LogP contribution in [-0.2, 0) is 9.84 Å². The van der Waals surface area contributed by atoms with Gasteiger partial charge < -0.3 is 10.6 Å². The fourth-order valence-electron chi connectivity index (χ4n) is 2.22. The van der Waals surface area contributed by atoms with Crippen molar-refractivity contribution in [1.82, 2.24) is 9.88 Å². The molecule has 1 aliphatic rings.